The Bertz CT molecular complexity index is 712. The molecule has 3 rings (SSSR count). The number of ether oxygens (including phenoxy) is 2. The minimum Gasteiger partial charge on any atom is -0.492 e. The predicted molar refractivity (Wildman–Crippen MR) is 108 cm³/mol. The summed E-state index contributed by atoms with van der Waals surface area (Å²) < 4.78 is 13.1. The molecule has 0 spiro atoms. The molecule has 2 aromatic carbocycles. The lowest BCUT2D eigenvalue weighted by Crippen LogP contribution is -2.08. The smallest absolute Gasteiger partial charge is 0.127 e. The Hall–Kier alpha value is -2.46. The van der Waals surface area contributed by atoms with Gasteiger partial charge >= 0.3 is 0 Å². The van der Waals surface area contributed by atoms with Gasteiger partial charge in [0.15, 0.2) is 0 Å². The van der Waals surface area contributed by atoms with Crippen molar-refractivity contribution in [3.05, 3.63) is 72.0 Å². The van der Waals surface area contributed by atoms with Gasteiger partial charge in [0.1, 0.15) is 23.9 Å². The van der Waals surface area contributed by atoms with Crippen LogP contribution in [0.4, 0.5) is 0 Å². The zero-order valence-corrected chi connectivity index (χ0v) is 16.6. The van der Waals surface area contributed by atoms with E-state index in [1.807, 2.05) is 82.3 Å². The Balaban J connectivity index is 0.000000791. The van der Waals surface area contributed by atoms with E-state index in [9.17, 15) is 0 Å². The molecule has 0 bridgehead atoms. The molecule has 26 heavy (non-hydrogen) atoms. The predicted octanol–water partition coefficient (Wildman–Crippen LogP) is 6.46. The first-order chi connectivity index (χ1) is 12.8. The fourth-order valence-electron chi connectivity index (χ4n) is 1.95. The van der Waals surface area contributed by atoms with Crippen LogP contribution in [0.2, 0.25) is 5.02 Å². The highest BCUT2D eigenvalue weighted by molar-refractivity contribution is 6.30. The minimum atomic E-state index is 0.525. The molecule has 0 saturated carbocycles. The van der Waals surface area contributed by atoms with Crippen LogP contribution in [0.5, 0.6) is 17.2 Å². The van der Waals surface area contributed by atoms with Crippen LogP contribution in [0.3, 0.4) is 0 Å². The Morgan fingerprint density at radius 2 is 1.42 bits per heavy atom. The lowest BCUT2D eigenvalue weighted by molar-refractivity contribution is 0.291. The molecule has 0 aliphatic carbocycles. The fraction of sp³-hybridized carbons (Fsp3) is 0.286. The molecule has 140 valence electrons. The average Bonchev–Trinajstić information content (AvgIpc) is 3.12. The fourth-order valence-corrected chi connectivity index (χ4v) is 2.10. The maximum absolute atomic E-state index is 5.80. The van der Waals surface area contributed by atoms with Crippen molar-refractivity contribution >= 4 is 11.6 Å². The second-order valence-corrected chi connectivity index (χ2v) is 5.09. The average molecular weight is 375 g/mol. The number of halogens is 1. The Morgan fingerprint density at radius 3 is 2.00 bits per heavy atom. The molecule has 0 unspecified atom stereocenters. The third kappa shape index (κ3) is 7.62. The number of hydrogen-bond donors (Lipinski definition) is 0. The van der Waals surface area contributed by atoms with E-state index >= 15 is 0 Å². The van der Waals surface area contributed by atoms with Crippen molar-refractivity contribution in [2.75, 3.05) is 6.61 Å². The van der Waals surface area contributed by atoms with Gasteiger partial charge in [-0.25, -0.2) is 0 Å². The molecule has 1 heterocycles. The van der Waals surface area contributed by atoms with Gasteiger partial charge in [0, 0.05) is 6.20 Å². The van der Waals surface area contributed by atoms with E-state index in [0.717, 1.165) is 17.2 Å². The second kappa shape index (κ2) is 12.8. The van der Waals surface area contributed by atoms with E-state index in [1.165, 1.54) is 0 Å². The Morgan fingerprint density at radius 1 is 0.846 bits per heavy atom. The van der Waals surface area contributed by atoms with E-state index in [0.29, 0.717) is 18.2 Å². The van der Waals surface area contributed by atoms with Gasteiger partial charge in [-0.05, 0) is 36.4 Å². The second-order valence-electron chi connectivity index (χ2n) is 4.66. The van der Waals surface area contributed by atoms with Crippen LogP contribution in [0.25, 0.3) is 0 Å². The molecule has 5 heteroatoms. The molecule has 3 aromatic rings. The molecule has 0 saturated heterocycles. The van der Waals surface area contributed by atoms with E-state index in [2.05, 4.69) is 5.10 Å². The standard InChI is InChI=1S/C17H15ClN2O2.2C2H6/c18-14-12-19-20(13-14)10-11-21-15-6-8-17(9-7-15)22-16-4-2-1-3-5-16;2*1-2/h1-9,12-13H,10-11H2;2*1-2H3. The molecule has 1 aromatic heterocycles. The molecule has 0 N–H and O–H groups in total. The monoisotopic (exact) mass is 374 g/mol. The molecule has 0 aliphatic heterocycles. The molecule has 0 atom stereocenters. The van der Waals surface area contributed by atoms with Gasteiger partial charge in [-0.1, -0.05) is 57.5 Å². The summed E-state index contributed by atoms with van der Waals surface area (Å²) in [7, 11) is 0. The van der Waals surface area contributed by atoms with E-state index in [4.69, 9.17) is 21.1 Å². The van der Waals surface area contributed by atoms with Crippen LogP contribution in [0.15, 0.2) is 67.0 Å². The lowest BCUT2D eigenvalue weighted by atomic mass is 10.3. The molecular weight excluding hydrogens is 348 g/mol. The van der Waals surface area contributed by atoms with Crippen molar-refractivity contribution in [3.8, 4) is 17.2 Å². The molecule has 4 nitrogen and oxygen atoms in total. The van der Waals surface area contributed by atoms with Gasteiger partial charge in [-0.3, -0.25) is 4.68 Å². The molecular formula is C21H27ClN2O2. The summed E-state index contributed by atoms with van der Waals surface area (Å²) in [5, 5.41) is 4.72. The quantitative estimate of drug-likeness (QED) is 0.496. The highest BCUT2D eigenvalue weighted by Gasteiger charge is 1.99. The van der Waals surface area contributed by atoms with Crippen molar-refractivity contribution in [2.24, 2.45) is 0 Å². The molecule has 0 aliphatic rings. The summed E-state index contributed by atoms with van der Waals surface area (Å²) in [5.74, 6) is 2.38. The number of nitrogens with zero attached hydrogens (tertiary/aromatic N) is 2. The number of rotatable bonds is 6. The van der Waals surface area contributed by atoms with E-state index in [-0.39, 0.29) is 0 Å². The molecule has 0 fully saturated rings. The van der Waals surface area contributed by atoms with Crippen molar-refractivity contribution in [1.29, 1.82) is 0 Å². The van der Waals surface area contributed by atoms with Crippen LogP contribution in [-0.4, -0.2) is 16.4 Å². The number of para-hydroxylation sites is 1. The van der Waals surface area contributed by atoms with Crippen LogP contribution < -0.4 is 9.47 Å². The maximum Gasteiger partial charge on any atom is 0.127 e. The van der Waals surface area contributed by atoms with Crippen molar-refractivity contribution in [2.45, 2.75) is 34.2 Å². The lowest BCUT2D eigenvalue weighted by Gasteiger charge is -2.08. The van der Waals surface area contributed by atoms with Crippen molar-refractivity contribution in [3.63, 3.8) is 0 Å². The van der Waals surface area contributed by atoms with Gasteiger partial charge in [-0.2, -0.15) is 5.10 Å². The highest BCUT2D eigenvalue weighted by atomic mass is 35.5. The normalized spacial score (nSPS) is 9.27. The largest absolute Gasteiger partial charge is 0.492 e. The van der Waals surface area contributed by atoms with Crippen LogP contribution in [0, 0.1) is 0 Å². The summed E-state index contributed by atoms with van der Waals surface area (Å²) in [6.45, 7) is 9.17. The summed E-state index contributed by atoms with van der Waals surface area (Å²) >= 11 is 5.80. The van der Waals surface area contributed by atoms with Crippen LogP contribution in [0.1, 0.15) is 27.7 Å². The summed E-state index contributed by atoms with van der Waals surface area (Å²) in [6.07, 6.45) is 3.37. The Labute approximate surface area is 161 Å². The maximum atomic E-state index is 5.80. The van der Waals surface area contributed by atoms with Crippen molar-refractivity contribution < 1.29 is 9.47 Å². The summed E-state index contributed by atoms with van der Waals surface area (Å²) in [4.78, 5) is 0. The minimum absolute atomic E-state index is 0.525. The van der Waals surface area contributed by atoms with E-state index < -0.39 is 0 Å². The Kier molecular flexibility index (Phi) is 10.7. The molecule has 0 radical (unpaired) electrons. The summed E-state index contributed by atoms with van der Waals surface area (Å²) in [6, 6.07) is 17.2. The zero-order chi connectivity index (χ0) is 19.2. The van der Waals surface area contributed by atoms with Gasteiger partial charge in [0.25, 0.3) is 0 Å². The van der Waals surface area contributed by atoms with Gasteiger partial charge in [-0.15, -0.1) is 0 Å². The third-order valence-corrected chi connectivity index (χ3v) is 3.19. The number of benzene rings is 2. The third-order valence-electron chi connectivity index (χ3n) is 2.99. The van der Waals surface area contributed by atoms with Crippen molar-refractivity contribution in [1.82, 2.24) is 9.78 Å². The zero-order valence-electron chi connectivity index (χ0n) is 15.9. The van der Waals surface area contributed by atoms with E-state index in [1.54, 1.807) is 17.1 Å². The number of aromatic nitrogens is 2. The first kappa shape index (κ1) is 21.6. The molecule has 0 amide bonds. The first-order valence-electron chi connectivity index (χ1n) is 8.93. The highest BCUT2D eigenvalue weighted by Crippen LogP contribution is 2.23. The van der Waals surface area contributed by atoms with Gasteiger partial charge in [0.05, 0.1) is 17.8 Å². The van der Waals surface area contributed by atoms with Crippen LogP contribution >= 0.6 is 11.6 Å². The summed E-state index contributed by atoms with van der Waals surface area (Å²) in [5.41, 5.74) is 0. The topological polar surface area (TPSA) is 36.3 Å². The first-order valence-corrected chi connectivity index (χ1v) is 9.31. The van der Waals surface area contributed by atoms with Gasteiger partial charge in [0.2, 0.25) is 0 Å². The SMILES string of the molecule is CC.CC.Clc1cnn(CCOc2ccc(Oc3ccccc3)cc2)c1. The number of hydrogen-bond acceptors (Lipinski definition) is 3. The van der Waals surface area contributed by atoms with Gasteiger partial charge < -0.3 is 9.47 Å². The van der Waals surface area contributed by atoms with Crippen LogP contribution in [-0.2, 0) is 6.54 Å².